The molecule has 1 aromatic rings. The predicted molar refractivity (Wildman–Crippen MR) is 98.1 cm³/mol. The van der Waals surface area contributed by atoms with E-state index in [-0.39, 0.29) is 42.6 Å². The van der Waals surface area contributed by atoms with Crippen molar-refractivity contribution in [2.45, 2.75) is 52.2 Å². The van der Waals surface area contributed by atoms with Crippen LogP contribution < -0.4 is 10.6 Å². The number of carbonyl (C=O) groups excluding carboxylic acids is 3. The number of benzene rings is 1. The normalized spacial score (nSPS) is 19.5. The van der Waals surface area contributed by atoms with Crippen molar-refractivity contribution in [2.24, 2.45) is 11.8 Å². The number of ether oxygens (including phenoxy) is 1. The van der Waals surface area contributed by atoms with E-state index in [9.17, 15) is 14.4 Å². The molecule has 1 aliphatic rings. The van der Waals surface area contributed by atoms with E-state index < -0.39 is 6.04 Å². The third-order valence-electron chi connectivity index (χ3n) is 4.37. The summed E-state index contributed by atoms with van der Waals surface area (Å²) >= 11 is 0. The van der Waals surface area contributed by atoms with Crippen molar-refractivity contribution < 1.29 is 19.1 Å². The second-order valence-electron chi connectivity index (χ2n) is 7.13. The van der Waals surface area contributed by atoms with Crippen LogP contribution in [0.25, 0.3) is 0 Å². The van der Waals surface area contributed by atoms with E-state index in [4.69, 9.17) is 4.74 Å². The summed E-state index contributed by atoms with van der Waals surface area (Å²) in [4.78, 5) is 36.0. The molecule has 0 heterocycles. The smallest absolute Gasteiger partial charge is 0.308 e. The summed E-state index contributed by atoms with van der Waals surface area (Å²) in [6.45, 7) is 5.91. The number of carbonyl (C=O) groups is 3. The lowest BCUT2D eigenvalue weighted by Gasteiger charge is -2.19. The van der Waals surface area contributed by atoms with Gasteiger partial charge in [0.1, 0.15) is 0 Å². The SMILES string of the molecule is CC(C)OC(=O)CC(NC(=O)CCNC(=O)C1CC1C)c1ccccc1. The summed E-state index contributed by atoms with van der Waals surface area (Å²) in [6, 6.07) is 8.88. The summed E-state index contributed by atoms with van der Waals surface area (Å²) in [5.74, 6) is -0.00451. The summed E-state index contributed by atoms with van der Waals surface area (Å²) in [7, 11) is 0. The van der Waals surface area contributed by atoms with Gasteiger partial charge in [-0.15, -0.1) is 0 Å². The molecule has 0 saturated heterocycles. The predicted octanol–water partition coefficient (Wildman–Crippen LogP) is 2.35. The monoisotopic (exact) mass is 360 g/mol. The Kier molecular flexibility index (Phi) is 7.18. The summed E-state index contributed by atoms with van der Waals surface area (Å²) in [5, 5.41) is 5.67. The zero-order valence-electron chi connectivity index (χ0n) is 15.7. The molecule has 1 saturated carbocycles. The highest BCUT2D eigenvalue weighted by Crippen LogP contribution is 2.37. The van der Waals surface area contributed by atoms with Crippen LogP contribution in [0.15, 0.2) is 30.3 Å². The number of hydrogen-bond donors (Lipinski definition) is 2. The van der Waals surface area contributed by atoms with Crippen LogP contribution in [0.3, 0.4) is 0 Å². The van der Waals surface area contributed by atoms with Gasteiger partial charge in [0.15, 0.2) is 0 Å². The third-order valence-corrected chi connectivity index (χ3v) is 4.37. The Balaban J connectivity index is 1.85. The molecular formula is C20H28N2O4. The summed E-state index contributed by atoms with van der Waals surface area (Å²) in [6.07, 6.45) is 0.969. The van der Waals surface area contributed by atoms with Gasteiger partial charge < -0.3 is 15.4 Å². The Bertz CT molecular complexity index is 630. The highest BCUT2D eigenvalue weighted by atomic mass is 16.5. The molecule has 3 atom stereocenters. The van der Waals surface area contributed by atoms with Gasteiger partial charge in [0.2, 0.25) is 11.8 Å². The molecule has 1 aromatic carbocycles. The number of esters is 1. The Morgan fingerprint density at radius 1 is 1.19 bits per heavy atom. The molecule has 2 N–H and O–H groups in total. The molecule has 2 amide bonds. The van der Waals surface area contributed by atoms with Gasteiger partial charge in [0, 0.05) is 18.9 Å². The minimum absolute atomic E-state index is 0.0189. The first-order valence-electron chi connectivity index (χ1n) is 9.18. The average Bonchev–Trinajstić information content (AvgIpc) is 3.31. The van der Waals surface area contributed by atoms with Gasteiger partial charge >= 0.3 is 5.97 Å². The Labute approximate surface area is 154 Å². The molecular weight excluding hydrogens is 332 g/mol. The minimum atomic E-state index is -0.450. The maximum absolute atomic E-state index is 12.2. The van der Waals surface area contributed by atoms with Gasteiger partial charge in [-0.1, -0.05) is 37.3 Å². The molecule has 2 rings (SSSR count). The first-order valence-corrected chi connectivity index (χ1v) is 9.18. The van der Waals surface area contributed by atoms with Crippen molar-refractivity contribution in [1.82, 2.24) is 10.6 Å². The molecule has 26 heavy (non-hydrogen) atoms. The molecule has 142 valence electrons. The van der Waals surface area contributed by atoms with Crippen molar-refractivity contribution in [3.8, 4) is 0 Å². The first-order chi connectivity index (χ1) is 12.4. The summed E-state index contributed by atoms with van der Waals surface area (Å²) in [5.41, 5.74) is 0.845. The van der Waals surface area contributed by atoms with E-state index in [1.54, 1.807) is 13.8 Å². The van der Waals surface area contributed by atoms with Gasteiger partial charge in [-0.25, -0.2) is 0 Å². The first kappa shape index (κ1) is 19.9. The fourth-order valence-electron chi connectivity index (χ4n) is 2.80. The number of hydrogen-bond acceptors (Lipinski definition) is 4. The Morgan fingerprint density at radius 2 is 1.85 bits per heavy atom. The highest BCUT2D eigenvalue weighted by Gasteiger charge is 2.38. The molecule has 1 aliphatic carbocycles. The van der Waals surface area contributed by atoms with Crippen molar-refractivity contribution >= 4 is 17.8 Å². The molecule has 0 spiro atoms. The second-order valence-corrected chi connectivity index (χ2v) is 7.13. The molecule has 3 unspecified atom stereocenters. The van der Waals surface area contributed by atoms with Gasteiger partial charge in [-0.05, 0) is 31.7 Å². The van der Waals surface area contributed by atoms with E-state index in [1.807, 2.05) is 37.3 Å². The molecule has 0 aromatic heterocycles. The van der Waals surface area contributed by atoms with Crippen molar-refractivity contribution in [3.63, 3.8) is 0 Å². The second kappa shape index (κ2) is 9.36. The van der Waals surface area contributed by atoms with Crippen molar-refractivity contribution in [1.29, 1.82) is 0 Å². The zero-order valence-corrected chi connectivity index (χ0v) is 15.7. The lowest BCUT2D eigenvalue weighted by molar-refractivity contribution is -0.148. The number of nitrogens with one attached hydrogen (secondary N) is 2. The largest absolute Gasteiger partial charge is 0.463 e. The molecule has 6 nitrogen and oxygen atoms in total. The van der Waals surface area contributed by atoms with Gasteiger partial charge in [0.05, 0.1) is 18.6 Å². The topological polar surface area (TPSA) is 84.5 Å². The van der Waals surface area contributed by atoms with Gasteiger partial charge in [0.25, 0.3) is 0 Å². The molecule has 6 heteroatoms. The van der Waals surface area contributed by atoms with Crippen LogP contribution in [0.5, 0.6) is 0 Å². The maximum atomic E-state index is 12.2. The lowest BCUT2D eigenvalue weighted by Crippen LogP contribution is -2.34. The number of amides is 2. The Hall–Kier alpha value is -2.37. The quantitative estimate of drug-likeness (QED) is 0.662. The fourth-order valence-corrected chi connectivity index (χ4v) is 2.80. The van der Waals surface area contributed by atoms with Crippen LogP contribution in [-0.4, -0.2) is 30.4 Å². The third kappa shape index (κ3) is 6.50. The van der Waals surface area contributed by atoms with E-state index >= 15 is 0 Å². The van der Waals surface area contributed by atoms with Crippen LogP contribution in [-0.2, 0) is 19.1 Å². The fraction of sp³-hybridized carbons (Fsp3) is 0.550. The molecule has 0 bridgehead atoms. The molecule has 0 aliphatic heterocycles. The van der Waals surface area contributed by atoms with Gasteiger partial charge in [-0.3, -0.25) is 14.4 Å². The van der Waals surface area contributed by atoms with Crippen LogP contribution in [0.1, 0.15) is 51.6 Å². The van der Waals surface area contributed by atoms with Crippen LogP contribution in [0.2, 0.25) is 0 Å². The van der Waals surface area contributed by atoms with Crippen molar-refractivity contribution in [3.05, 3.63) is 35.9 Å². The lowest BCUT2D eigenvalue weighted by atomic mass is 10.0. The van der Waals surface area contributed by atoms with E-state index in [0.29, 0.717) is 12.5 Å². The average molecular weight is 360 g/mol. The van der Waals surface area contributed by atoms with E-state index in [0.717, 1.165) is 12.0 Å². The van der Waals surface area contributed by atoms with Crippen LogP contribution in [0.4, 0.5) is 0 Å². The van der Waals surface area contributed by atoms with Crippen molar-refractivity contribution in [2.75, 3.05) is 6.54 Å². The van der Waals surface area contributed by atoms with E-state index in [1.165, 1.54) is 0 Å². The van der Waals surface area contributed by atoms with E-state index in [2.05, 4.69) is 10.6 Å². The highest BCUT2D eigenvalue weighted by molar-refractivity contribution is 5.82. The zero-order chi connectivity index (χ0) is 19.1. The molecule has 1 fully saturated rings. The maximum Gasteiger partial charge on any atom is 0.308 e. The minimum Gasteiger partial charge on any atom is -0.463 e. The summed E-state index contributed by atoms with van der Waals surface area (Å²) < 4.78 is 5.19. The standard InChI is InChI=1S/C20H28N2O4/c1-13(2)26-19(24)12-17(15-7-5-4-6-8-15)22-18(23)9-10-21-20(25)16-11-14(16)3/h4-8,13-14,16-17H,9-12H2,1-3H3,(H,21,25)(H,22,23). The van der Waals surface area contributed by atoms with Crippen LogP contribution in [0, 0.1) is 11.8 Å². The van der Waals surface area contributed by atoms with Gasteiger partial charge in [-0.2, -0.15) is 0 Å². The molecule has 0 radical (unpaired) electrons. The number of rotatable bonds is 9. The van der Waals surface area contributed by atoms with Crippen LogP contribution >= 0.6 is 0 Å². The Morgan fingerprint density at radius 3 is 2.42 bits per heavy atom.